The first kappa shape index (κ1) is 19.9. The first-order valence-corrected chi connectivity index (χ1v) is 11.0. The van der Waals surface area contributed by atoms with Crippen LogP contribution in [0, 0.1) is 11.7 Å². The largest absolute Gasteiger partial charge is 0.342 e. The second-order valence-electron chi connectivity index (χ2n) is 8.87. The van der Waals surface area contributed by atoms with E-state index < -0.39 is 0 Å². The van der Waals surface area contributed by atoms with Crippen LogP contribution in [0.1, 0.15) is 73.1 Å². The van der Waals surface area contributed by atoms with E-state index in [-0.39, 0.29) is 11.6 Å². The van der Waals surface area contributed by atoms with E-state index in [0.717, 1.165) is 53.4 Å². The molecule has 1 fully saturated rings. The van der Waals surface area contributed by atoms with Crippen molar-refractivity contribution in [2.45, 2.75) is 51.4 Å². The number of fused-ring (bicyclic) bond motifs is 2. The molecule has 0 aliphatic heterocycles. The SMILES string of the molecule is CC(=O)c1ccc2nc([C@H](C)[C@H]3CC[C@@H](c4ccnc5ccc(F)cc54)CC3)[nH]c2c1. The minimum absolute atomic E-state index is 0.0629. The molecule has 1 aliphatic rings. The summed E-state index contributed by atoms with van der Waals surface area (Å²) in [5, 5.41) is 0.942. The predicted octanol–water partition coefficient (Wildman–Crippen LogP) is 6.53. The van der Waals surface area contributed by atoms with Gasteiger partial charge in [0, 0.05) is 23.1 Å². The minimum Gasteiger partial charge on any atom is -0.342 e. The Bertz CT molecular complexity index is 1270. The van der Waals surface area contributed by atoms with Gasteiger partial charge in [-0.05, 0) is 92.5 Å². The van der Waals surface area contributed by atoms with Crippen LogP contribution in [0.5, 0.6) is 0 Å². The maximum absolute atomic E-state index is 13.8. The van der Waals surface area contributed by atoms with Crippen molar-refractivity contribution < 1.29 is 9.18 Å². The van der Waals surface area contributed by atoms with Crippen molar-refractivity contribution in [1.29, 1.82) is 0 Å². The van der Waals surface area contributed by atoms with E-state index in [2.05, 4.69) is 23.0 Å². The van der Waals surface area contributed by atoms with Crippen molar-refractivity contribution in [2.75, 3.05) is 0 Å². The third-order valence-corrected chi connectivity index (χ3v) is 6.99. The average molecular weight is 416 g/mol. The Morgan fingerprint density at radius 2 is 1.84 bits per heavy atom. The Morgan fingerprint density at radius 3 is 2.61 bits per heavy atom. The summed E-state index contributed by atoms with van der Waals surface area (Å²) in [4.78, 5) is 24.3. The lowest BCUT2D eigenvalue weighted by atomic mass is 9.73. The highest BCUT2D eigenvalue weighted by molar-refractivity contribution is 5.97. The van der Waals surface area contributed by atoms with Crippen molar-refractivity contribution in [3.05, 3.63) is 71.4 Å². The van der Waals surface area contributed by atoms with E-state index in [9.17, 15) is 9.18 Å². The van der Waals surface area contributed by atoms with Crippen LogP contribution in [0.2, 0.25) is 0 Å². The summed E-state index contributed by atoms with van der Waals surface area (Å²) in [5.41, 5.74) is 4.62. The molecule has 2 aromatic carbocycles. The number of aromatic amines is 1. The Hall–Kier alpha value is -3.08. The number of nitrogens with zero attached hydrogens (tertiary/aromatic N) is 2. The van der Waals surface area contributed by atoms with Crippen LogP contribution in [0.3, 0.4) is 0 Å². The Morgan fingerprint density at radius 1 is 1.06 bits per heavy atom. The van der Waals surface area contributed by atoms with Crippen molar-refractivity contribution in [1.82, 2.24) is 15.0 Å². The summed E-state index contributed by atoms with van der Waals surface area (Å²) in [7, 11) is 0. The van der Waals surface area contributed by atoms with Crippen LogP contribution in [0.25, 0.3) is 21.9 Å². The number of pyridine rings is 1. The number of hydrogen-bond acceptors (Lipinski definition) is 3. The molecule has 31 heavy (non-hydrogen) atoms. The number of imidazole rings is 1. The Labute approximate surface area is 180 Å². The smallest absolute Gasteiger partial charge is 0.159 e. The van der Waals surface area contributed by atoms with Gasteiger partial charge in [0.2, 0.25) is 0 Å². The summed E-state index contributed by atoms with van der Waals surface area (Å²) in [6.07, 6.45) is 6.23. The number of hydrogen-bond donors (Lipinski definition) is 1. The topological polar surface area (TPSA) is 58.6 Å². The van der Waals surface area contributed by atoms with Gasteiger partial charge in [0.1, 0.15) is 11.6 Å². The van der Waals surface area contributed by atoms with E-state index in [1.54, 1.807) is 19.1 Å². The standard InChI is InChI=1S/C26H26FN3O/c1-15(26-29-24-9-7-19(16(2)31)13-25(24)30-26)17-3-5-18(6-4-17)21-11-12-28-23-10-8-20(27)14-22(21)23/h7-15,17-18H,3-6H2,1-2H3,(H,29,30)/t15-,17-,18+/m1/s1. The van der Waals surface area contributed by atoms with Crippen LogP contribution in [0.15, 0.2) is 48.7 Å². The van der Waals surface area contributed by atoms with Crippen LogP contribution in [0.4, 0.5) is 4.39 Å². The molecule has 1 aliphatic carbocycles. The zero-order valence-electron chi connectivity index (χ0n) is 17.9. The second kappa shape index (κ2) is 7.88. The molecule has 5 heteroatoms. The quantitative estimate of drug-likeness (QED) is 0.386. The molecule has 1 atom stereocenters. The molecule has 0 radical (unpaired) electrons. The number of nitrogens with one attached hydrogen (secondary N) is 1. The van der Waals surface area contributed by atoms with E-state index in [4.69, 9.17) is 4.98 Å². The number of benzene rings is 2. The second-order valence-corrected chi connectivity index (χ2v) is 8.87. The zero-order chi connectivity index (χ0) is 21.5. The van der Waals surface area contributed by atoms with Gasteiger partial charge in [-0.2, -0.15) is 0 Å². The van der Waals surface area contributed by atoms with Gasteiger partial charge in [0.15, 0.2) is 5.78 Å². The number of rotatable bonds is 4. The van der Waals surface area contributed by atoms with Gasteiger partial charge in [-0.25, -0.2) is 9.37 Å². The van der Waals surface area contributed by atoms with Crippen molar-refractivity contribution in [2.24, 2.45) is 5.92 Å². The molecule has 0 spiro atoms. The molecule has 0 bridgehead atoms. The zero-order valence-corrected chi connectivity index (χ0v) is 17.9. The van der Waals surface area contributed by atoms with Crippen LogP contribution in [-0.4, -0.2) is 20.7 Å². The highest BCUT2D eigenvalue weighted by atomic mass is 19.1. The number of aromatic nitrogens is 3. The third-order valence-electron chi connectivity index (χ3n) is 6.99. The van der Waals surface area contributed by atoms with Gasteiger partial charge in [0.25, 0.3) is 0 Å². The molecule has 0 amide bonds. The molecule has 158 valence electrons. The first-order valence-electron chi connectivity index (χ1n) is 11.0. The summed E-state index contributed by atoms with van der Waals surface area (Å²) in [6.45, 7) is 3.83. The molecular weight excluding hydrogens is 389 g/mol. The monoisotopic (exact) mass is 415 g/mol. The van der Waals surface area contributed by atoms with Crippen molar-refractivity contribution >= 4 is 27.7 Å². The fourth-order valence-corrected chi connectivity index (χ4v) is 5.11. The van der Waals surface area contributed by atoms with Crippen molar-refractivity contribution in [3.63, 3.8) is 0 Å². The first-order chi connectivity index (χ1) is 15.0. The maximum atomic E-state index is 13.8. The van der Waals surface area contributed by atoms with E-state index in [1.807, 2.05) is 24.4 Å². The highest BCUT2D eigenvalue weighted by Crippen LogP contribution is 2.43. The lowest BCUT2D eigenvalue weighted by Gasteiger charge is -2.32. The van der Waals surface area contributed by atoms with Gasteiger partial charge in [-0.3, -0.25) is 9.78 Å². The average Bonchev–Trinajstić information content (AvgIpc) is 3.21. The van der Waals surface area contributed by atoms with E-state index in [0.29, 0.717) is 23.3 Å². The lowest BCUT2D eigenvalue weighted by molar-refractivity contribution is 0.101. The number of halogens is 1. The number of carbonyl (C=O) groups is 1. The summed E-state index contributed by atoms with van der Waals surface area (Å²) < 4.78 is 13.8. The van der Waals surface area contributed by atoms with Gasteiger partial charge in [-0.15, -0.1) is 0 Å². The molecular formula is C26H26FN3O. The number of H-pyrrole nitrogens is 1. The Balaban J connectivity index is 1.33. The van der Waals surface area contributed by atoms with E-state index >= 15 is 0 Å². The maximum Gasteiger partial charge on any atom is 0.159 e. The minimum atomic E-state index is -0.207. The molecule has 0 unspecified atom stereocenters. The van der Waals surface area contributed by atoms with Gasteiger partial charge >= 0.3 is 0 Å². The van der Waals surface area contributed by atoms with Crippen LogP contribution >= 0.6 is 0 Å². The molecule has 4 nitrogen and oxygen atoms in total. The van der Waals surface area contributed by atoms with Gasteiger partial charge in [0.05, 0.1) is 16.6 Å². The number of ketones is 1. The molecule has 1 N–H and O–H groups in total. The third kappa shape index (κ3) is 3.73. The van der Waals surface area contributed by atoms with Crippen molar-refractivity contribution in [3.8, 4) is 0 Å². The number of Topliss-reactive ketones (excluding diaryl/α,β-unsaturated/α-hetero) is 1. The lowest BCUT2D eigenvalue weighted by Crippen LogP contribution is -2.19. The molecule has 1 saturated carbocycles. The number of carbonyl (C=O) groups excluding carboxylic acids is 1. The summed E-state index contributed by atoms with van der Waals surface area (Å²) >= 11 is 0. The fraction of sp³-hybridized carbons (Fsp3) is 0.346. The van der Waals surface area contributed by atoms with Gasteiger partial charge < -0.3 is 4.98 Å². The fourth-order valence-electron chi connectivity index (χ4n) is 5.11. The highest BCUT2D eigenvalue weighted by Gasteiger charge is 2.29. The van der Waals surface area contributed by atoms with Crippen LogP contribution < -0.4 is 0 Å². The van der Waals surface area contributed by atoms with E-state index in [1.165, 1.54) is 11.6 Å². The molecule has 2 heterocycles. The van der Waals surface area contributed by atoms with Gasteiger partial charge in [-0.1, -0.05) is 6.92 Å². The normalized spacial score (nSPS) is 20.2. The summed E-state index contributed by atoms with van der Waals surface area (Å²) in [5.74, 6) is 2.16. The predicted molar refractivity (Wildman–Crippen MR) is 121 cm³/mol. The molecule has 5 rings (SSSR count). The molecule has 2 aromatic heterocycles. The van der Waals surface area contributed by atoms with Crippen LogP contribution in [-0.2, 0) is 0 Å². The Kier molecular flexibility index (Phi) is 5.05. The molecule has 0 saturated heterocycles. The molecule has 4 aromatic rings. The summed E-state index contributed by atoms with van der Waals surface area (Å²) in [6, 6.07) is 12.6.